The SMILES string of the molecule is CCCCCCCCCCCCCC(=O)N[C@H](COCC[C@H](CCCCCCC)CCCCCCCCCCCC)COP(=O)(O)OCCNC(=O)NCCOP(=O)(O)OC[C@@H](COCC[C@H](CCCCCCC)CCCCCCCCCCCC)NC(=O)CCCCCCCCCCCCC. The molecule has 102 heavy (non-hydrogen) atoms. The van der Waals surface area contributed by atoms with Gasteiger partial charge in [0.25, 0.3) is 0 Å². The molecule has 0 radical (unpaired) electrons. The number of rotatable bonds is 84. The zero-order chi connectivity index (χ0) is 74.6. The van der Waals surface area contributed by atoms with E-state index in [4.69, 9.17) is 27.6 Å². The Bertz CT molecular complexity index is 1770. The highest BCUT2D eigenvalue weighted by Gasteiger charge is 2.27. The molecule has 0 fully saturated rings. The molecule has 0 heterocycles. The number of hydrogen-bond donors (Lipinski definition) is 6. The third-order valence-electron chi connectivity index (χ3n) is 20.2. The summed E-state index contributed by atoms with van der Waals surface area (Å²) >= 11 is 0. The lowest BCUT2D eigenvalue weighted by Gasteiger charge is -2.22. The minimum Gasteiger partial charge on any atom is -0.379 e. The van der Waals surface area contributed by atoms with Crippen LogP contribution in [0.3, 0.4) is 0 Å². The lowest BCUT2D eigenvalue weighted by atomic mass is 9.91. The molecule has 608 valence electrons. The van der Waals surface area contributed by atoms with Crippen molar-refractivity contribution >= 4 is 33.5 Å². The summed E-state index contributed by atoms with van der Waals surface area (Å²) in [5.41, 5.74) is 0. The highest BCUT2D eigenvalue weighted by molar-refractivity contribution is 7.47. The van der Waals surface area contributed by atoms with Gasteiger partial charge in [0.05, 0.1) is 51.7 Å². The number of carbonyl (C=O) groups excluding carboxylic acids is 3. The molecule has 6 atom stereocenters. The minimum atomic E-state index is -4.62. The van der Waals surface area contributed by atoms with Crippen LogP contribution in [0.25, 0.3) is 0 Å². The number of urea groups is 1. The lowest BCUT2D eigenvalue weighted by molar-refractivity contribution is -0.123. The van der Waals surface area contributed by atoms with Gasteiger partial charge in [-0.15, -0.1) is 0 Å². The Balaban J connectivity index is 5.45. The van der Waals surface area contributed by atoms with Gasteiger partial charge in [-0.2, -0.15) is 0 Å². The molecule has 0 saturated carbocycles. The molecular weight excluding hydrogens is 1320 g/mol. The standard InChI is InChI=1S/C83H168N4O13P2/c1-7-13-19-25-29-33-37-41-45-51-57-63-81(88)86-79(73-95-69-65-77(59-53-47-23-17-11-5)61-55-49-43-39-35-31-27-21-15-9-3)75-99-101(91,92)97-71-67-84-83(90)85-68-72-98-102(93,94)100-76-80(87-82(89)64-58-52-46-42-38-34-30-26-20-14-8-2)74-96-70-66-78(60-54-48-24-18-12-6)62-56-50-44-40-36-32-28-22-16-10-4/h77-80H,7-76H2,1-6H3,(H,86,88)(H,87,89)(H,91,92)(H,93,94)(H2,84,85,90)/t77-,78-,79-,80-/m1/s1. The molecule has 0 aliphatic carbocycles. The second-order valence-electron chi connectivity index (χ2n) is 30.3. The summed E-state index contributed by atoms with van der Waals surface area (Å²) in [4.78, 5) is 60.8. The Hall–Kier alpha value is -1.65. The molecule has 4 amide bonds. The second-order valence-corrected chi connectivity index (χ2v) is 33.2. The van der Waals surface area contributed by atoms with Crippen LogP contribution >= 0.6 is 15.6 Å². The highest BCUT2D eigenvalue weighted by Crippen LogP contribution is 2.44. The topological polar surface area (TPSA) is 229 Å². The molecule has 6 N–H and O–H groups in total. The summed E-state index contributed by atoms with van der Waals surface area (Å²) in [6.45, 7) is 13.2. The molecule has 0 aromatic heterocycles. The van der Waals surface area contributed by atoms with E-state index in [1.54, 1.807) is 0 Å². The Kier molecular flexibility index (Phi) is 76.3. The van der Waals surface area contributed by atoms with E-state index in [1.807, 2.05) is 0 Å². The minimum absolute atomic E-state index is 0.126. The van der Waals surface area contributed by atoms with Crippen molar-refractivity contribution in [2.45, 2.75) is 439 Å². The molecule has 0 aliphatic heterocycles. The van der Waals surface area contributed by atoms with Crippen LogP contribution in [0.5, 0.6) is 0 Å². The Labute approximate surface area is 629 Å². The number of carbonyl (C=O) groups is 3. The average molecular weight is 1490 g/mol. The van der Waals surface area contributed by atoms with Gasteiger partial charge in [0.1, 0.15) is 0 Å². The Morgan fingerprint density at radius 3 is 0.755 bits per heavy atom. The maximum atomic E-state index is 13.3. The molecule has 0 aromatic carbocycles. The second kappa shape index (κ2) is 77.5. The maximum Gasteiger partial charge on any atom is 0.472 e. The first kappa shape index (κ1) is 100. The number of hydrogen-bond acceptors (Lipinski definition) is 11. The molecule has 0 saturated heterocycles. The van der Waals surface area contributed by atoms with Crippen LogP contribution in [0.4, 0.5) is 4.79 Å². The Morgan fingerprint density at radius 1 is 0.284 bits per heavy atom. The first-order valence-corrected chi connectivity index (χ1v) is 46.7. The van der Waals surface area contributed by atoms with E-state index >= 15 is 0 Å². The van der Waals surface area contributed by atoms with E-state index in [0.717, 1.165) is 51.4 Å². The van der Waals surface area contributed by atoms with Crippen molar-refractivity contribution in [2.24, 2.45) is 11.8 Å². The molecule has 0 spiro atoms. The van der Waals surface area contributed by atoms with Crippen molar-refractivity contribution < 1.29 is 60.9 Å². The van der Waals surface area contributed by atoms with Gasteiger partial charge in [-0.05, 0) is 37.5 Å². The van der Waals surface area contributed by atoms with Crippen molar-refractivity contribution in [3.8, 4) is 0 Å². The van der Waals surface area contributed by atoms with E-state index in [0.29, 0.717) is 37.9 Å². The van der Waals surface area contributed by atoms with Crippen molar-refractivity contribution in [2.75, 3.05) is 65.9 Å². The van der Waals surface area contributed by atoms with Crippen molar-refractivity contribution in [1.82, 2.24) is 21.3 Å². The third-order valence-corrected chi connectivity index (χ3v) is 22.2. The first-order valence-electron chi connectivity index (χ1n) is 43.7. The van der Waals surface area contributed by atoms with Gasteiger partial charge in [-0.25, -0.2) is 13.9 Å². The van der Waals surface area contributed by atoms with Crippen LogP contribution in [0.2, 0.25) is 0 Å². The van der Waals surface area contributed by atoms with Crippen molar-refractivity contribution in [1.29, 1.82) is 0 Å². The monoisotopic (exact) mass is 1490 g/mol. The molecular formula is C83H168N4O13P2. The number of phosphoric ester groups is 2. The van der Waals surface area contributed by atoms with Crippen LogP contribution in [0.1, 0.15) is 427 Å². The van der Waals surface area contributed by atoms with Gasteiger partial charge < -0.3 is 40.5 Å². The van der Waals surface area contributed by atoms with E-state index < -0.39 is 33.8 Å². The molecule has 0 rings (SSSR count). The summed E-state index contributed by atoms with van der Waals surface area (Å²) in [7, 11) is -9.24. The first-order chi connectivity index (χ1) is 49.7. The van der Waals surface area contributed by atoms with Crippen LogP contribution in [0, 0.1) is 11.8 Å². The van der Waals surface area contributed by atoms with Gasteiger partial charge in [0, 0.05) is 39.1 Å². The fourth-order valence-corrected chi connectivity index (χ4v) is 15.2. The largest absolute Gasteiger partial charge is 0.472 e. The van der Waals surface area contributed by atoms with Gasteiger partial charge in [-0.3, -0.25) is 27.7 Å². The number of nitrogens with one attached hydrogen (secondary N) is 4. The predicted octanol–water partition coefficient (Wildman–Crippen LogP) is 24.3. The molecule has 0 aliphatic rings. The summed E-state index contributed by atoms with van der Waals surface area (Å²) in [6, 6.07) is -2.01. The van der Waals surface area contributed by atoms with Crippen LogP contribution in [0.15, 0.2) is 0 Å². The van der Waals surface area contributed by atoms with Crippen molar-refractivity contribution in [3.63, 3.8) is 0 Å². The molecule has 2 unspecified atom stereocenters. The summed E-state index contributed by atoms with van der Waals surface area (Å²) in [5.74, 6) is 0.836. The van der Waals surface area contributed by atoms with Crippen molar-refractivity contribution in [3.05, 3.63) is 0 Å². The van der Waals surface area contributed by atoms with Crippen LogP contribution < -0.4 is 21.3 Å². The van der Waals surface area contributed by atoms with E-state index in [-0.39, 0.29) is 64.5 Å². The Morgan fingerprint density at radius 2 is 0.510 bits per heavy atom. The quantitative estimate of drug-likeness (QED) is 0.0246. The summed E-state index contributed by atoms with van der Waals surface area (Å²) in [6.07, 6.45) is 72.1. The van der Waals surface area contributed by atoms with Gasteiger partial charge >= 0.3 is 21.7 Å². The molecule has 17 nitrogen and oxygen atoms in total. The molecule has 19 heteroatoms. The number of unbranched alkanes of at least 4 members (excludes halogenated alkanes) is 46. The van der Waals surface area contributed by atoms with Crippen LogP contribution in [-0.2, 0) is 46.3 Å². The van der Waals surface area contributed by atoms with E-state index in [2.05, 4.69) is 62.8 Å². The lowest BCUT2D eigenvalue weighted by Crippen LogP contribution is -2.41. The predicted molar refractivity (Wildman–Crippen MR) is 428 cm³/mol. The average Bonchev–Trinajstić information content (AvgIpc) is 0.931. The smallest absolute Gasteiger partial charge is 0.379 e. The van der Waals surface area contributed by atoms with Gasteiger partial charge in [-0.1, -0.05) is 388 Å². The zero-order valence-corrected chi connectivity index (χ0v) is 69.4. The number of amides is 4. The van der Waals surface area contributed by atoms with Gasteiger partial charge in [0.2, 0.25) is 11.8 Å². The van der Waals surface area contributed by atoms with Gasteiger partial charge in [0.15, 0.2) is 0 Å². The normalized spacial score (nSPS) is 14.1. The fourth-order valence-electron chi connectivity index (χ4n) is 13.6. The molecule has 0 bridgehead atoms. The summed E-state index contributed by atoms with van der Waals surface area (Å²) < 4.78 is 60.2. The van der Waals surface area contributed by atoms with E-state index in [9.17, 15) is 33.3 Å². The van der Waals surface area contributed by atoms with Crippen LogP contribution in [-0.4, -0.2) is 106 Å². The zero-order valence-electron chi connectivity index (χ0n) is 67.6. The third kappa shape index (κ3) is 73.8. The van der Waals surface area contributed by atoms with E-state index in [1.165, 1.54) is 321 Å². The fraction of sp³-hybridized carbons (Fsp3) is 0.964. The molecule has 0 aromatic rings. The summed E-state index contributed by atoms with van der Waals surface area (Å²) in [5, 5.41) is 11.1. The number of phosphoric acid groups is 2. The maximum absolute atomic E-state index is 13.3. The number of ether oxygens (including phenoxy) is 2. The highest BCUT2D eigenvalue weighted by atomic mass is 31.2.